The van der Waals surface area contributed by atoms with Gasteiger partial charge in [-0.1, -0.05) is 6.92 Å². The summed E-state index contributed by atoms with van der Waals surface area (Å²) < 4.78 is 0. The zero-order valence-corrected chi connectivity index (χ0v) is 9.08. The van der Waals surface area contributed by atoms with Crippen LogP contribution in [0, 0.1) is 5.92 Å². The van der Waals surface area contributed by atoms with Gasteiger partial charge in [-0.15, -0.1) is 0 Å². The Balaban J connectivity index is 2.58. The van der Waals surface area contributed by atoms with Crippen LogP contribution in [0.3, 0.4) is 0 Å². The highest BCUT2D eigenvalue weighted by Crippen LogP contribution is 2.31. The molecule has 0 aromatic heterocycles. The Bertz CT molecular complexity index is 207. The van der Waals surface area contributed by atoms with Crippen molar-refractivity contribution in [3.05, 3.63) is 0 Å². The van der Waals surface area contributed by atoms with Crippen molar-refractivity contribution in [2.45, 2.75) is 38.1 Å². The van der Waals surface area contributed by atoms with E-state index < -0.39 is 0 Å². The molecule has 4 nitrogen and oxygen atoms in total. The molecule has 0 aromatic carbocycles. The van der Waals surface area contributed by atoms with E-state index >= 15 is 0 Å². The van der Waals surface area contributed by atoms with Gasteiger partial charge < -0.3 is 16.2 Å². The normalized spacial score (nSPS) is 34.2. The molecule has 4 heteroatoms. The van der Waals surface area contributed by atoms with E-state index in [4.69, 9.17) is 5.73 Å². The predicted molar refractivity (Wildman–Crippen MR) is 58.1 cm³/mol. The summed E-state index contributed by atoms with van der Waals surface area (Å²) in [5.41, 5.74) is 5.40. The topological polar surface area (TPSA) is 70.6 Å². The van der Waals surface area contributed by atoms with Gasteiger partial charge in [0, 0.05) is 7.05 Å². The average molecular weight is 199 g/mol. The van der Waals surface area contributed by atoms with E-state index in [1.807, 2.05) is 0 Å². The Kier molecular flexibility index (Phi) is 3.75. The summed E-state index contributed by atoms with van der Waals surface area (Å²) in [5.74, 6) is 1.19. The molecule has 0 aliphatic heterocycles. The molecule has 4 N–H and O–H groups in total. The van der Waals surface area contributed by atoms with Gasteiger partial charge in [-0.2, -0.15) is 0 Å². The number of aliphatic imine (C=N–C) groups is 1. The van der Waals surface area contributed by atoms with Gasteiger partial charge in [0.15, 0.2) is 5.96 Å². The molecule has 1 aliphatic rings. The lowest BCUT2D eigenvalue weighted by molar-refractivity contribution is 0.122. The molecule has 0 atom stereocenters. The van der Waals surface area contributed by atoms with Crippen LogP contribution in [0.2, 0.25) is 0 Å². The fourth-order valence-corrected chi connectivity index (χ4v) is 1.96. The molecule has 1 aliphatic carbocycles. The number of aliphatic hydroxyl groups excluding tert-OH is 1. The highest BCUT2D eigenvalue weighted by atomic mass is 16.3. The van der Waals surface area contributed by atoms with E-state index in [0.29, 0.717) is 5.96 Å². The summed E-state index contributed by atoms with van der Waals surface area (Å²) in [5, 5.41) is 12.5. The third-order valence-corrected chi connectivity index (χ3v) is 3.17. The molecular formula is C10H21N3O. The van der Waals surface area contributed by atoms with Gasteiger partial charge >= 0.3 is 0 Å². The summed E-state index contributed by atoms with van der Waals surface area (Å²) >= 11 is 0. The quantitative estimate of drug-likeness (QED) is 0.447. The van der Waals surface area contributed by atoms with Crippen LogP contribution in [0.5, 0.6) is 0 Å². The van der Waals surface area contributed by atoms with E-state index in [1.165, 1.54) is 0 Å². The highest BCUT2D eigenvalue weighted by molar-refractivity contribution is 5.78. The number of hydrogen-bond donors (Lipinski definition) is 3. The van der Waals surface area contributed by atoms with Crippen molar-refractivity contribution in [1.29, 1.82) is 0 Å². The van der Waals surface area contributed by atoms with Crippen molar-refractivity contribution < 1.29 is 5.11 Å². The van der Waals surface area contributed by atoms with Crippen LogP contribution in [0.1, 0.15) is 32.6 Å². The molecule has 0 unspecified atom stereocenters. The lowest BCUT2D eigenvalue weighted by Crippen LogP contribution is -2.55. The Hall–Kier alpha value is -0.770. The summed E-state index contributed by atoms with van der Waals surface area (Å²) in [6.45, 7) is 2.38. The molecule has 0 spiro atoms. The SMILES string of the molecule is CN=C(N)NC1(CO)CCC(C)CC1. The Morgan fingerprint density at radius 1 is 1.57 bits per heavy atom. The zero-order valence-electron chi connectivity index (χ0n) is 9.08. The molecule has 0 radical (unpaired) electrons. The number of rotatable bonds is 2. The number of nitrogens with two attached hydrogens (primary N) is 1. The van der Waals surface area contributed by atoms with Crippen molar-refractivity contribution in [3.63, 3.8) is 0 Å². The maximum Gasteiger partial charge on any atom is 0.188 e. The highest BCUT2D eigenvalue weighted by Gasteiger charge is 2.33. The summed E-state index contributed by atoms with van der Waals surface area (Å²) in [4.78, 5) is 3.87. The van der Waals surface area contributed by atoms with Crippen molar-refractivity contribution >= 4 is 5.96 Å². The minimum Gasteiger partial charge on any atom is -0.394 e. The molecule has 0 saturated heterocycles. The molecular weight excluding hydrogens is 178 g/mol. The maximum absolute atomic E-state index is 9.40. The standard InChI is InChI=1S/C10H21N3O/c1-8-3-5-10(7-14,6-4-8)13-9(11)12-2/h8,14H,3-7H2,1-2H3,(H3,11,12,13). The zero-order chi connectivity index (χ0) is 10.6. The molecule has 0 amide bonds. The number of aliphatic hydroxyl groups is 1. The predicted octanol–water partition coefficient (Wildman–Crippen LogP) is 0.462. The van der Waals surface area contributed by atoms with Gasteiger partial charge in [0.2, 0.25) is 0 Å². The van der Waals surface area contributed by atoms with Crippen molar-refractivity contribution in [2.75, 3.05) is 13.7 Å². The van der Waals surface area contributed by atoms with Crippen LogP contribution in [-0.2, 0) is 0 Å². The molecule has 1 fully saturated rings. The fraction of sp³-hybridized carbons (Fsp3) is 0.900. The van der Waals surface area contributed by atoms with Gasteiger partial charge in [-0.3, -0.25) is 4.99 Å². The lowest BCUT2D eigenvalue weighted by Gasteiger charge is -2.39. The van der Waals surface area contributed by atoms with Gasteiger partial charge in [-0.05, 0) is 31.6 Å². The number of nitrogens with zero attached hydrogens (tertiary/aromatic N) is 1. The molecule has 0 aromatic rings. The largest absolute Gasteiger partial charge is 0.394 e. The second kappa shape index (κ2) is 4.64. The number of guanidine groups is 1. The van der Waals surface area contributed by atoms with Crippen LogP contribution in [0.15, 0.2) is 4.99 Å². The van der Waals surface area contributed by atoms with E-state index in [0.717, 1.165) is 31.6 Å². The molecule has 82 valence electrons. The first-order valence-corrected chi connectivity index (χ1v) is 5.23. The average Bonchev–Trinajstić information content (AvgIpc) is 2.22. The molecule has 0 bridgehead atoms. The Morgan fingerprint density at radius 2 is 2.14 bits per heavy atom. The smallest absolute Gasteiger partial charge is 0.188 e. The summed E-state index contributed by atoms with van der Waals surface area (Å²) in [6.07, 6.45) is 4.23. The summed E-state index contributed by atoms with van der Waals surface area (Å²) in [7, 11) is 1.65. The van der Waals surface area contributed by atoms with Crippen LogP contribution in [0.25, 0.3) is 0 Å². The second-order valence-corrected chi connectivity index (χ2v) is 4.35. The van der Waals surface area contributed by atoms with Crippen molar-refractivity contribution in [2.24, 2.45) is 16.6 Å². The van der Waals surface area contributed by atoms with E-state index in [-0.39, 0.29) is 12.1 Å². The van der Waals surface area contributed by atoms with Crippen LogP contribution in [-0.4, -0.2) is 30.3 Å². The lowest BCUT2D eigenvalue weighted by atomic mass is 9.77. The Morgan fingerprint density at radius 3 is 2.57 bits per heavy atom. The third-order valence-electron chi connectivity index (χ3n) is 3.17. The third kappa shape index (κ3) is 2.61. The second-order valence-electron chi connectivity index (χ2n) is 4.35. The molecule has 1 rings (SSSR count). The summed E-state index contributed by atoms with van der Waals surface area (Å²) in [6, 6.07) is 0. The first-order valence-electron chi connectivity index (χ1n) is 5.23. The van der Waals surface area contributed by atoms with E-state index in [1.54, 1.807) is 7.05 Å². The fourth-order valence-electron chi connectivity index (χ4n) is 1.96. The van der Waals surface area contributed by atoms with Crippen LogP contribution in [0.4, 0.5) is 0 Å². The maximum atomic E-state index is 9.40. The monoisotopic (exact) mass is 199 g/mol. The first-order chi connectivity index (χ1) is 6.62. The van der Waals surface area contributed by atoms with Gasteiger partial charge in [0.05, 0.1) is 12.1 Å². The van der Waals surface area contributed by atoms with Crippen molar-refractivity contribution in [1.82, 2.24) is 5.32 Å². The van der Waals surface area contributed by atoms with Crippen molar-refractivity contribution in [3.8, 4) is 0 Å². The Labute approximate surface area is 85.6 Å². The molecule has 1 saturated carbocycles. The molecule has 0 heterocycles. The van der Waals surface area contributed by atoms with Gasteiger partial charge in [0.1, 0.15) is 0 Å². The number of hydrogen-bond acceptors (Lipinski definition) is 2. The van der Waals surface area contributed by atoms with E-state index in [2.05, 4.69) is 17.2 Å². The minimum absolute atomic E-state index is 0.135. The van der Waals surface area contributed by atoms with Gasteiger partial charge in [0.25, 0.3) is 0 Å². The molecule has 14 heavy (non-hydrogen) atoms. The first kappa shape index (κ1) is 11.3. The van der Waals surface area contributed by atoms with Gasteiger partial charge in [-0.25, -0.2) is 0 Å². The van der Waals surface area contributed by atoms with Crippen LogP contribution < -0.4 is 11.1 Å². The number of nitrogens with one attached hydrogen (secondary N) is 1. The minimum atomic E-state index is -0.226. The van der Waals surface area contributed by atoms with Crippen LogP contribution >= 0.6 is 0 Å². The van der Waals surface area contributed by atoms with E-state index in [9.17, 15) is 5.11 Å².